The molecule has 0 radical (unpaired) electrons. The minimum Gasteiger partial charge on any atom is -0.462 e. The summed E-state index contributed by atoms with van der Waals surface area (Å²) in [4.78, 5) is 24.8. The Bertz CT molecular complexity index is 759. The van der Waals surface area contributed by atoms with Crippen LogP contribution < -0.4 is 0 Å². The second-order valence-electron chi connectivity index (χ2n) is 12.3. The summed E-state index contributed by atoms with van der Waals surface area (Å²) >= 11 is 0. The standard InChI is InChI=1S/C35H64O10/c1-3-5-7-9-10-11-12-13-14-15-16-17-18-19-20-22-24-31(38)44-28(26-42-30(37)23-21-8-6-4-2)27-43-35-34(41)33(40)32(39)29(25-36)45-35/h14-15,28-29,32-36,39-41H,3-13,16-27H2,1-2H3/b15-14-. The molecule has 1 aliphatic rings. The van der Waals surface area contributed by atoms with Crippen molar-refractivity contribution in [2.75, 3.05) is 19.8 Å². The van der Waals surface area contributed by atoms with Crippen LogP contribution in [-0.2, 0) is 28.5 Å². The van der Waals surface area contributed by atoms with Crippen LogP contribution in [0.15, 0.2) is 12.2 Å². The van der Waals surface area contributed by atoms with Crippen molar-refractivity contribution in [3.63, 3.8) is 0 Å². The highest BCUT2D eigenvalue weighted by Gasteiger charge is 2.44. The average Bonchev–Trinajstić information content (AvgIpc) is 3.03. The molecule has 0 bridgehead atoms. The number of hydrogen-bond acceptors (Lipinski definition) is 10. The van der Waals surface area contributed by atoms with E-state index in [2.05, 4.69) is 26.0 Å². The van der Waals surface area contributed by atoms with Crippen LogP contribution in [0.5, 0.6) is 0 Å². The van der Waals surface area contributed by atoms with E-state index in [9.17, 15) is 30.0 Å². The predicted octanol–water partition coefficient (Wildman–Crippen LogP) is 5.66. The largest absolute Gasteiger partial charge is 0.462 e. The Hall–Kier alpha value is -1.56. The molecule has 6 unspecified atom stereocenters. The molecule has 0 aliphatic carbocycles. The molecule has 0 aromatic heterocycles. The lowest BCUT2D eigenvalue weighted by Gasteiger charge is -2.39. The molecule has 1 fully saturated rings. The van der Waals surface area contributed by atoms with Gasteiger partial charge in [-0.1, -0.05) is 103 Å². The van der Waals surface area contributed by atoms with Crippen LogP contribution in [0.4, 0.5) is 0 Å². The van der Waals surface area contributed by atoms with E-state index in [1.165, 1.54) is 51.4 Å². The second kappa shape index (κ2) is 27.5. The van der Waals surface area contributed by atoms with Gasteiger partial charge in [-0.3, -0.25) is 9.59 Å². The van der Waals surface area contributed by atoms with Crippen LogP contribution in [0.2, 0.25) is 0 Å². The van der Waals surface area contributed by atoms with Crippen molar-refractivity contribution < 1.29 is 49.0 Å². The van der Waals surface area contributed by atoms with Crippen molar-refractivity contribution in [3.05, 3.63) is 12.2 Å². The lowest BCUT2D eigenvalue weighted by atomic mass is 9.99. The molecule has 0 aromatic carbocycles. The quantitative estimate of drug-likeness (QED) is 0.0477. The zero-order valence-electron chi connectivity index (χ0n) is 28.1. The number of aliphatic hydroxyl groups excluding tert-OH is 4. The molecule has 264 valence electrons. The number of esters is 2. The number of ether oxygens (including phenoxy) is 4. The number of hydrogen-bond donors (Lipinski definition) is 4. The van der Waals surface area contributed by atoms with Crippen LogP contribution in [-0.4, -0.2) is 89.0 Å². The Kier molecular flexibility index (Phi) is 25.4. The van der Waals surface area contributed by atoms with Crippen LogP contribution in [0, 0.1) is 0 Å². The maximum absolute atomic E-state index is 12.6. The smallest absolute Gasteiger partial charge is 0.306 e. The minimum atomic E-state index is -1.59. The molecule has 1 heterocycles. The van der Waals surface area contributed by atoms with Gasteiger partial charge in [0.2, 0.25) is 0 Å². The molecule has 4 N–H and O–H groups in total. The van der Waals surface area contributed by atoms with Gasteiger partial charge in [-0.25, -0.2) is 0 Å². The van der Waals surface area contributed by atoms with Crippen LogP contribution in [0.25, 0.3) is 0 Å². The lowest BCUT2D eigenvalue weighted by molar-refractivity contribution is -0.305. The van der Waals surface area contributed by atoms with Gasteiger partial charge in [0.1, 0.15) is 31.0 Å². The first-order valence-corrected chi connectivity index (χ1v) is 17.8. The van der Waals surface area contributed by atoms with E-state index in [1.807, 2.05) is 0 Å². The van der Waals surface area contributed by atoms with Gasteiger partial charge in [0.05, 0.1) is 13.2 Å². The highest BCUT2D eigenvalue weighted by atomic mass is 16.7. The highest BCUT2D eigenvalue weighted by Crippen LogP contribution is 2.22. The summed E-state index contributed by atoms with van der Waals surface area (Å²) in [6.07, 6.45) is 17.2. The molecule has 0 aromatic rings. The van der Waals surface area contributed by atoms with Crippen molar-refractivity contribution in [3.8, 4) is 0 Å². The normalized spacial score (nSPS) is 22.5. The summed E-state index contributed by atoms with van der Waals surface area (Å²) in [5, 5.41) is 39.6. The maximum Gasteiger partial charge on any atom is 0.306 e. The lowest BCUT2D eigenvalue weighted by Crippen LogP contribution is -2.59. The average molecular weight is 645 g/mol. The van der Waals surface area contributed by atoms with E-state index in [1.54, 1.807) is 0 Å². The Labute approximate surface area is 271 Å². The number of carbonyl (C=O) groups excluding carboxylic acids is 2. The van der Waals surface area contributed by atoms with Crippen molar-refractivity contribution in [2.45, 2.75) is 179 Å². The van der Waals surface area contributed by atoms with Crippen molar-refractivity contribution in [1.29, 1.82) is 0 Å². The third-order valence-electron chi connectivity index (χ3n) is 8.15. The van der Waals surface area contributed by atoms with Gasteiger partial charge < -0.3 is 39.4 Å². The summed E-state index contributed by atoms with van der Waals surface area (Å²) in [6, 6.07) is 0. The Morgan fingerprint density at radius 1 is 0.667 bits per heavy atom. The SMILES string of the molecule is CCCCCCCCC/C=C\CCCCCCCC(=O)OC(COC(=O)CCCCCC)COC1OC(CO)C(O)C(O)C1O. The first-order valence-electron chi connectivity index (χ1n) is 17.8. The molecule has 10 nitrogen and oxygen atoms in total. The van der Waals surface area contributed by atoms with Gasteiger partial charge in [0, 0.05) is 12.8 Å². The van der Waals surface area contributed by atoms with Gasteiger partial charge in [0.25, 0.3) is 0 Å². The first-order chi connectivity index (χ1) is 21.8. The van der Waals surface area contributed by atoms with Gasteiger partial charge in [-0.15, -0.1) is 0 Å². The van der Waals surface area contributed by atoms with Crippen molar-refractivity contribution in [1.82, 2.24) is 0 Å². The molecule has 45 heavy (non-hydrogen) atoms. The number of carbonyl (C=O) groups is 2. The van der Waals surface area contributed by atoms with E-state index >= 15 is 0 Å². The Morgan fingerprint density at radius 3 is 1.76 bits per heavy atom. The molecule has 0 amide bonds. The molecule has 1 aliphatic heterocycles. The zero-order valence-corrected chi connectivity index (χ0v) is 28.1. The van der Waals surface area contributed by atoms with E-state index in [4.69, 9.17) is 18.9 Å². The van der Waals surface area contributed by atoms with Crippen LogP contribution in [0.1, 0.15) is 142 Å². The van der Waals surface area contributed by atoms with E-state index in [0.29, 0.717) is 12.8 Å². The third-order valence-corrected chi connectivity index (χ3v) is 8.15. The molecule has 0 saturated carbocycles. The summed E-state index contributed by atoms with van der Waals surface area (Å²) in [5.41, 5.74) is 0. The Balaban J connectivity index is 2.34. The predicted molar refractivity (Wildman–Crippen MR) is 173 cm³/mol. The van der Waals surface area contributed by atoms with Gasteiger partial charge in [-0.05, 0) is 38.5 Å². The fourth-order valence-electron chi connectivity index (χ4n) is 5.24. The maximum atomic E-state index is 12.6. The summed E-state index contributed by atoms with van der Waals surface area (Å²) in [5.74, 6) is -0.836. The highest BCUT2D eigenvalue weighted by molar-refractivity contribution is 5.70. The van der Waals surface area contributed by atoms with E-state index < -0.39 is 55.4 Å². The molecule has 10 heteroatoms. The third kappa shape index (κ3) is 20.3. The van der Waals surface area contributed by atoms with Crippen molar-refractivity contribution >= 4 is 11.9 Å². The summed E-state index contributed by atoms with van der Waals surface area (Å²) < 4.78 is 21.8. The number of rotatable bonds is 28. The zero-order chi connectivity index (χ0) is 33.1. The summed E-state index contributed by atoms with van der Waals surface area (Å²) in [7, 11) is 0. The Morgan fingerprint density at radius 2 is 1.18 bits per heavy atom. The van der Waals surface area contributed by atoms with Gasteiger partial charge in [-0.2, -0.15) is 0 Å². The van der Waals surface area contributed by atoms with Gasteiger partial charge >= 0.3 is 11.9 Å². The molecule has 0 spiro atoms. The fraction of sp³-hybridized carbons (Fsp3) is 0.886. The van der Waals surface area contributed by atoms with E-state index in [0.717, 1.165) is 51.4 Å². The second-order valence-corrected chi connectivity index (χ2v) is 12.3. The topological polar surface area (TPSA) is 152 Å². The van der Waals surface area contributed by atoms with Gasteiger partial charge in [0.15, 0.2) is 12.4 Å². The molecule has 6 atom stereocenters. The number of allylic oxidation sites excluding steroid dienone is 2. The van der Waals surface area contributed by atoms with E-state index in [-0.39, 0.29) is 26.1 Å². The fourth-order valence-corrected chi connectivity index (χ4v) is 5.24. The van der Waals surface area contributed by atoms with Crippen LogP contribution in [0.3, 0.4) is 0 Å². The monoisotopic (exact) mass is 644 g/mol. The molecule has 1 rings (SSSR count). The van der Waals surface area contributed by atoms with Crippen LogP contribution >= 0.6 is 0 Å². The molecule has 1 saturated heterocycles. The summed E-state index contributed by atoms with van der Waals surface area (Å²) in [6.45, 7) is 3.25. The molecular weight excluding hydrogens is 580 g/mol. The first kappa shape index (κ1) is 41.5. The molecular formula is C35H64O10. The number of aliphatic hydroxyl groups is 4. The van der Waals surface area contributed by atoms with Crippen molar-refractivity contribution in [2.24, 2.45) is 0 Å². The number of unbranched alkanes of at least 4 members (excludes halogenated alkanes) is 15. The minimum absolute atomic E-state index is 0.220.